The molecule has 3 aromatic heterocycles. The summed E-state index contributed by atoms with van der Waals surface area (Å²) in [6.07, 6.45) is 7.98. The fourth-order valence-electron chi connectivity index (χ4n) is 2.48. The van der Waals surface area contributed by atoms with E-state index in [0.29, 0.717) is 23.0 Å². The van der Waals surface area contributed by atoms with Gasteiger partial charge in [0, 0.05) is 24.2 Å². The number of nitrogens with zero attached hydrogens (tertiary/aromatic N) is 5. The van der Waals surface area contributed by atoms with Crippen molar-refractivity contribution in [2.45, 2.75) is 29.8 Å². The number of thioether (sulfide) groups is 1. The molecule has 0 bridgehead atoms. The van der Waals surface area contributed by atoms with Crippen LogP contribution in [0.25, 0.3) is 5.65 Å². The Hall–Kier alpha value is -2.35. The van der Waals surface area contributed by atoms with Crippen molar-refractivity contribution < 1.29 is 9.53 Å². The van der Waals surface area contributed by atoms with Gasteiger partial charge in [-0.3, -0.25) is 0 Å². The molecule has 1 aliphatic carbocycles. The number of imidazole rings is 1. The molecule has 0 aliphatic heterocycles. The zero-order valence-electron chi connectivity index (χ0n) is 12.5. The first kappa shape index (κ1) is 14.3. The summed E-state index contributed by atoms with van der Waals surface area (Å²) in [4.78, 5) is 16.4. The summed E-state index contributed by atoms with van der Waals surface area (Å²) in [5, 5.41) is 9.08. The van der Waals surface area contributed by atoms with E-state index in [-0.39, 0.29) is 5.97 Å². The summed E-state index contributed by atoms with van der Waals surface area (Å²) in [6, 6.07) is 4.08. The smallest absolute Gasteiger partial charge is 0.341 e. The maximum atomic E-state index is 11.8. The number of carbonyl (C=O) groups excluding carboxylic acids is 1. The molecule has 0 atom stereocenters. The molecule has 0 spiro atoms. The molecule has 1 aliphatic rings. The highest BCUT2D eigenvalue weighted by Crippen LogP contribution is 2.37. The number of aromatic nitrogens is 5. The summed E-state index contributed by atoms with van der Waals surface area (Å²) in [5.74, 6) is 0.294. The highest BCUT2D eigenvalue weighted by atomic mass is 32.2. The van der Waals surface area contributed by atoms with Gasteiger partial charge in [0.25, 0.3) is 0 Å². The van der Waals surface area contributed by atoms with E-state index in [9.17, 15) is 4.79 Å². The fraction of sp³-hybridized carbons (Fsp3) is 0.333. The molecule has 8 heteroatoms. The number of methoxy groups -OCH3 is 1. The molecule has 3 aromatic rings. The van der Waals surface area contributed by atoms with Crippen LogP contribution in [0.5, 0.6) is 0 Å². The third-order valence-electron chi connectivity index (χ3n) is 3.77. The van der Waals surface area contributed by atoms with E-state index in [1.54, 1.807) is 24.2 Å². The van der Waals surface area contributed by atoms with Crippen LogP contribution < -0.4 is 0 Å². The van der Waals surface area contributed by atoms with Crippen LogP contribution in [-0.4, -0.2) is 37.2 Å². The van der Waals surface area contributed by atoms with Crippen LogP contribution in [-0.2, 0) is 10.5 Å². The number of esters is 1. The van der Waals surface area contributed by atoms with E-state index in [0.717, 1.165) is 10.9 Å². The number of fused-ring (bicyclic) bond motifs is 1. The molecule has 4 rings (SSSR count). The van der Waals surface area contributed by atoms with Crippen molar-refractivity contribution in [1.29, 1.82) is 0 Å². The van der Waals surface area contributed by atoms with Crippen molar-refractivity contribution >= 4 is 23.4 Å². The fourth-order valence-corrected chi connectivity index (χ4v) is 3.35. The molecular formula is C15H15N5O2S. The van der Waals surface area contributed by atoms with Crippen LogP contribution in [0.4, 0.5) is 0 Å². The maximum Gasteiger partial charge on any atom is 0.341 e. The number of pyridine rings is 1. The Balaban J connectivity index is 1.57. The quantitative estimate of drug-likeness (QED) is 0.528. The predicted molar refractivity (Wildman–Crippen MR) is 84.4 cm³/mol. The lowest BCUT2D eigenvalue weighted by atomic mass is 10.3. The van der Waals surface area contributed by atoms with E-state index in [2.05, 4.69) is 19.7 Å². The Morgan fingerprint density at radius 2 is 2.35 bits per heavy atom. The Labute approximate surface area is 136 Å². The van der Waals surface area contributed by atoms with Crippen LogP contribution in [0.2, 0.25) is 0 Å². The molecule has 3 heterocycles. The number of ether oxygens (including phenoxy) is 1. The zero-order chi connectivity index (χ0) is 15.8. The Morgan fingerprint density at radius 1 is 1.48 bits per heavy atom. The number of hydrogen-bond donors (Lipinski definition) is 0. The second kappa shape index (κ2) is 5.69. The van der Waals surface area contributed by atoms with E-state index in [1.165, 1.54) is 20.0 Å². The number of carbonyl (C=O) groups is 1. The van der Waals surface area contributed by atoms with E-state index in [1.807, 2.05) is 22.9 Å². The summed E-state index contributed by atoms with van der Waals surface area (Å²) in [5.41, 5.74) is 1.96. The third kappa shape index (κ3) is 2.70. The van der Waals surface area contributed by atoms with Gasteiger partial charge in [-0.25, -0.2) is 9.78 Å². The third-order valence-corrected chi connectivity index (χ3v) is 4.76. The van der Waals surface area contributed by atoms with Crippen LogP contribution >= 0.6 is 11.8 Å². The molecule has 0 amide bonds. The average molecular weight is 329 g/mol. The minimum Gasteiger partial charge on any atom is -0.465 e. The number of rotatable bonds is 5. The van der Waals surface area contributed by atoms with Gasteiger partial charge in [-0.05, 0) is 25.0 Å². The van der Waals surface area contributed by atoms with Gasteiger partial charge in [0.1, 0.15) is 11.9 Å². The van der Waals surface area contributed by atoms with Crippen molar-refractivity contribution in [2.75, 3.05) is 7.11 Å². The number of hydrogen-bond acceptors (Lipinski definition) is 6. The first-order valence-corrected chi connectivity index (χ1v) is 8.32. The van der Waals surface area contributed by atoms with Crippen molar-refractivity contribution in [3.8, 4) is 0 Å². The SMILES string of the molecule is COC(=O)c1cccn2cc(CSc3nncn3C3CC3)nc12. The molecule has 23 heavy (non-hydrogen) atoms. The van der Waals surface area contributed by atoms with Gasteiger partial charge in [-0.1, -0.05) is 11.8 Å². The molecule has 0 N–H and O–H groups in total. The van der Waals surface area contributed by atoms with Gasteiger partial charge in [-0.15, -0.1) is 10.2 Å². The van der Waals surface area contributed by atoms with E-state index in [4.69, 9.17) is 4.74 Å². The molecule has 1 saturated carbocycles. The molecule has 0 unspecified atom stereocenters. The van der Waals surface area contributed by atoms with E-state index < -0.39 is 0 Å². The maximum absolute atomic E-state index is 11.8. The van der Waals surface area contributed by atoms with Gasteiger partial charge >= 0.3 is 5.97 Å². The minimum atomic E-state index is -0.381. The largest absolute Gasteiger partial charge is 0.465 e. The van der Waals surface area contributed by atoms with Crippen molar-refractivity contribution in [3.63, 3.8) is 0 Å². The topological polar surface area (TPSA) is 74.3 Å². The molecule has 0 saturated heterocycles. The van der Waals surface area contributed by atoms with Crippen molar-refractivity contribution in [3.05, 3.63) is 42.1 Å². The van der Waals surface area contributed by atoms with Crippen LogP contribution in [0.1, 0.15) is 34.9 Å². The normalized spacial score (nSPS) is 14.3. The molecule has 0 aromatic carbocycles. The highest BCUT2D eigenvalue weighted by Gasteiger charge is 2.26. The Morgan fingerprint density at radius 3 is 3.13 bits per heavy atom. The molecule has 7 nitrogen and oxygen atoms in total. The lowest BCUT2D eigenvalue weighted by molar-refractivity contribution is 0.0602. The Kier molecular flexibility index (Phi) is 3.53. The van der Waals surface area contributed by atoms with Crippen LogP contribution in [0, 0.1) is 0 Å². The molecule has 118 valence electrons. The summed E-state index contributed by atoms with van der Waals surface area (Å²) < 4.78 is 8.77. The zero-order valence-corrected chi connectivity index (χ0v) is 13.4. The van der Waals surface area contributed by atoms with Gasteiger partial charge < -0.3 is 13.7 Å². The van der Waals surface area contributed by atoms with Gasteiger partial charge in [0.05, 0.1) is 12.8 Å². The lowest BCUT2D eigenvalue weighted by Crippen LogP contribution is -2.03. The van der Waals surface area contributed by atoms with Gasteiger partial charge in [0.2, 0.25) is 0 Å². The minimum absolute atomic E-state index is 0.381. The van der Waals surface area contributed by atoms with E-state index >= 15 is 0 Å². The molecule has 0 radical (unpaired) electrons. The molecule has 1 fully saturated rings. The monoisotopic (exact) mass is 329 g/mol. The van der Waals surface area contributed by atoms with Crippen LogP contribution in [0.3, 0.4) is 0 Å². The highest BCUT2D eigenvalue weighted by molar-refractivity contribution is 7.98. The standard InChI is InChI=1S/C15H15N5O2S/c1-22-14(21)12-3-2-6-19-7-10(17-13(12)19)8-23-15-18-16-9-20(15)11-4-5-11/h2-3,6-7,9,11H,4-5,8H2,1H3. The van der Waals surface area contributed by atoms with Crippen molar-refractivity contribution in [1.82, 2.24) is 24.1 Å². The lowest BCUT2D eigenvalue weighted by Gasteiger charge is -2.02. The molecular weight excluding hydrogens is 314 g/mol. The predicted octanol–water partition coefficient (Wildman–Crippen LogP) is 2.34. The summed E-state index contributed by atoms with van der Waals surface area (Å²) >= 11 is 1.61. The first-order chi connectivity index (χ1) is 11.3. The van der Waals surface area contributed by atoms with Crippen molar-refractivity contribution in [2.24, 2.45) is 0 Å². The second-order valence-corrected chi connectivity index (χ2v) is 6.36. The van der Waals surface area contributed by atoms with Gasteiger partial charge in [-0.2, -0.15) is 0 Å². The van der Waals surface area contributed by atoms with Crippen LogP contribution in [0.15, 0.2) is 36.0 Å². The van der Waals surface area contributed by atoms with Gasteiger partial charge in [0.15, 0.2) is 10.8 Å². The summed E-state index contributed by atoms with van der Waals surface area (Å²) in [6.45, 7) is 0. The second-order valence-electron chi connectivity index (χ2n) is 5.42. The first-order valence-electron chi connectivity index (χ1n) is 7.33. The average Bonchev–Trinajstić information content (AvgIpc) is 3.16. The summed E-state index contributed by atoms with van der Waals surface area (Å²) in [7, 11) is 1.37. The Bertz CT molecular complexity index is 868.